The van der Waals surface area contributed by atoms with E-state index >= 15 is 0 Å². The number of nitrogens with two attached hydrogens (primary N) is 1. The van der Waals surface area contributed by atoms with Crippen molar-refractivity contribution in [3.8, 4) is 0 Å². The van der Waals surface area contributed by atoms with Gasteiger partial charge in [0.25, 0.3) is 5.91 Å². The minimum atomic E-state index is -4.34. The van der Waals surface area contributed by atoms with Crippen molar-refractivity contribution in [1.82, 2.24) is 4.98 Å². The lowest BCUT2D eigenvalue weighted by molar-refractivity contribution is -0.115. The van der Waals surface area contributed by atoms with Crippen LogP contribution in [0.3, 0.4) is 0 Å². The second kappa shape index (κ2) is 10.4. The molecule has 1 aromatic carbocycles. The summed E-state index contributed by atoms with van der Waals surface area (Å²) in [5, 5.41) is 7.15. The van der Waals surface area contributed by atoms with Crippen LogP contribution < -0.4 is 16.4 Å². The van der Waals surface area contributed by atoms with Crippen LogP contribution in [-0.4, -0.2) is 30.2 Å². The molecule has 0 radical (unpaired) electrons. The molecule has 1 amide bonds. The number of hydrogen-bond donors (Lipinski definition) is 3. The van der Waals surface area contributed by atoms with E-state index < -0.39 is 18.6 Å². The Morgan fingerprint density at radius 3 is 2.44 bits per heavy atom. The zero-order valence-corrected chi connectivity index (χ0v) is 15.2. The Morgan fingerprint density at radius 1 is 1.20 bits per heavy atom. The van der Waals surface area contributed by atoms with E-state index in [9.17, 15) is 18.0 Å². The monoisotopic (exact) mass is 416 g/mol. The van der Waals surface area contributed by atoms with Crippen LogP contribution in [0, 0.1) is 0 Å². The average Bonchev–Trinajstić information content (AvgIpc) is 2.95. The fourth-order valence-corrected chi connectivity index (χ4v) is 2.58. The summed E-state index contributed by atoms with van der Waals surface area (Å²) >= 11 is 1.31. The molecule has 0 saturated carbocycles. The van der Waals surface area contributed by atoms with Gasteiger partial charge in [0.05, 0.1) is 16.4 Å². The van der Waals surface area contributed by atoms with Crippen molar-refractivity contribution in [3.63, 3.8) is 0 Å². The number of anilines is 2. The lowest BCUT2D eigenvalue weighted by atomic mass is 10.2. The van der Waals surface area contributed by atoms with Crippen molar-refractivity contribution in [2.24, 2.45) is 5.73 Å². The third-order valence-corrected chi connectivity index (χ3v) is 3.71. The topological polar surface area (TPSA) is 80.0 Å². The largest absolute Gasteiger partial charge is 0.405 e. The Balaban J connectivity index is 0.00000288. The van der Waals surface area contributed by atoms with Crippen molar-refractivity contribution >= 4 is 53.4 Å². The summed E-state index contributed by atoms with van der Waals surface area (Å²) in [4.78, 5) is 16.3. The summed E-state index contributed by atoms with van der Waals surface area (Å²) in [6, 6.07) is 6.18. The summed E-state index contributed by atoms with van der Waals surface area (Å²) in [5.41, 5.74) is 6.09. The van der Waals surface area contributed by atoms with Gasteiger partial charge in [-0.1, -0.05) is 12.1 Å². The fraction of sp³-hybridized carbons (Fsp3) is 0.286. The van der Waals surface area contributed by atoms with Crippen LogP contribution in [0.1, 0.15) is 15.5 Å². The lowest BCUT2D eigenvalue weighted by Crippen LogP contribution is -2.22. The van der Waals surface area contributed by atoms with Gasteiger partial charge in [-0.25, -0.2) is 4.98 Å². The first-order chi connectivity index (χ1) is 10.9. The molecule has 1 heterocycles. The molecule has 0 aliphatic carbocycles. The smallest absolute Gasteiger partial charge is 0.375 e. The zero-order chi connectivity index (χ0) is 16.9. The fourth-order valence-electron chi connectivity index (χ4n) is 1.78. The number of benzene rings is 1. The summed E-state index contributed by atoms with van der Waals surface area (Å²) < 4.78 is 36.9. The van der Waals surface area contributed by atoms with Crippen LogP contribution in [-0.2, 0) is 6.42 Å². The summed E-state index contributed by atoms with van der Waals surface area (Å²) in [7, 11) is 0. The summed E-state index contributed by atoms with van der Waals surface area (Å²) in [6.45, 7) is -0.754. The van der Waals surface area contributed by atoms with Gasteiger partial charge in [0, 0.05) is 11.8 Å². The van der Waals surface area contributed by atoms with E-state index in [1.165, 1.54) is 23.5 Å². The first-order valence-corrected chi connectivity index (χ1v) is 7.62. The molecular weight excluding hydrogens is 400 g/mol. The van der Waals surface area contributed by atoms with Crippen LogP contribution in [0.4, 0.5) is 24.5 Å². The number of thiazole rings is 1. The van der Waals surface area contributed by atoms with E-state index in [4.69, 9.17) is 5.73 Å². The van der Waals surface area contributed by atoms with Crippen molar-refractivity contribution < 1.29 is 18.0 Å². The molecule has 0 fully saturated rings. The van der Waals surface area contributed by atoms with Gasteiger partial charge in [0.2, 0.25) is 0 Å². The van der Waals surface area contributed by atoms with Crippen molar-refractivity contribution in [2.45, 2.75) is 12.6 Å². The molecule has 0 unspecified atom stereocenters. The van der Waals surface area contributed by atoms with Gasteiger partial charge in [-0.15, -0.1) is 36.2 Å². The molecule has 5 nitrogen and oxygen atoms in total. The minimum Gasteiger partial charge on any atom is -0.375 e. The second-order valence-corrected chi connectivity index (χ2v) is 5.58. The third-order valence-electron chi connectivity index (χ3n) is 2.80. The number of amides is 1. The van der Waals surface area contributed by atoms with E-state index in [1.807, 2.05) is 0 Å². The number of carbonyl (C=O) groups excluding carboxylic acids is 1. The molecule has 0 bridgehead atoms. The molecule has 11 heteroatoms. The highest BCUT2D eigenvalue weighted by atomic mass is 35.5. The molecule has 2 rings (SSSR count). The van der Waals surface area contributed by atoms with Crippen LogP contribution >= 0.6 is 36.2 Å². The first kappa shape index (κ1) is 23.4. The highest BCUT2D eigenvalue weighted by Gasteiger charge is 2.27. The highest BCUT2D eigenvalue weighted by molar-refractivity contribution is 7.09. The van der Waals surface area contributed by atoms with Crippen LogP contribution in [0.15, 0.2) is 29.6 Å². The molecule has 1 aromatic heterocycles. The number of rotatable bonds is 6. The van der Waals surface area contributed by atoms with Crippen molar-refractivity contribution in [3.05, 3.63) is 40.3 Å². The second-order valence-electron chi connectivity index (χ2n) is 4.63. The summed E-state index contributed by atoms with van der Waals surface area (Å²) in [6.07, 6.45) is -3.77. The van der Waals surface area contributed by atoms with E-state index in [1.54, 1.807) is 17.5 Å². The lowest BCUT2D eigenvalue weighted by Gasteiger charge is -2.13. The Morgan fingerprint density at radius 2 is 1.84 bits per heavy atom. The van der Waals surface area contributed by atoms with Gasteiger partial charge < -0.3 is 16.4 Å². The predicted octanol–water partition coefficient (Wildman–Crippen LogP) is 3.71. The number of para-hydroxylation sites is 2. The molecular formula is C14H17Cl2F3N4OS. The van der Waals surface area contributed by atoms with Crippen molar-refractivity contribution in [2.75, 3.05) is 23.7 Å². The van der Waals surface area contributed by atoms with Crippen molar-refractivity contribution in [1.29, 1.82) is 0 Å². The number of nitrogens with zero attached hydrogens (tertiary/aromatic N) is 1. The molecule has 0 aliphatic rings. The molecule has 0 spiro atoms. The van der Waals surface area contributed by atoms with Gasteiger partial charge in [0.1, 0.15) is 12.2 Å². The standard InChI is InChI=1S/C14H15F3N4OS.2ClH/c15-14(16,17)8-19-9-3-1-2-4-10(9)21-13(22)11-7-23-12(20-11)5-6-18;;/h1-4,7,19H,5-6,8,18H2,(H,21,22);2*1H. The average molecular weight is 417 g/mol. The normalized spacial score (nSPS) is 10.4. The van der Waals surface area contributed by atoms with Gasteiger partial charge in [-0.3, -0.25) is 4.79 Å². The van der Waals surface area contributed by atoms with Gasteiger partial charge in [0.15, 0.2) is 0 Å². The molecule has 0 saturated heterocycles. The van der Waals surface area contributed by atoms with E-state index in [-0.39, 0.29) is 41.9 Å². The van der Waals surface area contributed by atoms with Crippen LogP contribution in [0.5, 0.6) is 0 Å². The Labute approximate surface area is 159 Å². The maximum Gasteiger partial charge on any atom is 0.405 e. The van der Waals surface area contributed by atoms with E-state index in [2.05, 4.69) is 15.6 Å². The first-order valence-electron chi connectivity index (χ1n) is 6.74. The molecule has 4 N–H and O–H groups in total. The SMILES string of the molecule is Cl.Cl.NCCc1nc(C(=O)Nc2ccccc2NCC(F)(F)F)cs1. The quantitative estimate of drug-likeness (QED) is 0.670. The molecule has 2 aromatic rings. The van der Waals surface area contributed by atoms with Crippen LogP contribution in [0.2, 0.25) is 0 Å². The number of halogens is 5. The van der Waals surface area contributed by atoms with E-state index in [0.717, 1.165) is 5.01 Å². The Kier molecular flexibility index (Phi) is 9.80. The van der Waals surface area contributed by atoms with Gasteiger partial charge >= 0.3 is 6.18 Å². The zero-order valence-electron chi connectivity index (χ0n) is 12.8. The number of carbonyl (C=O) groups is 1. The van der Waals surface area contributed by atoms with Gasteiger partial charge in [-0.2, -0.15) is 13.2 Å². The highest BCUT2D eigenvalue weighted by Crippen LogP contribution is 2.24. The van der Waals surface area contributed by atoms with Crippen LogP contribution in [0.25, 0.3) is 0 Å². The minimum absolute atomic E-state index is 0. The van der Waals surface area contributed by atoms with Gasteiger partial charge in [-0.05, 0) is 18.7 Å². The number of alkyl halides is 3. The number of nitrogens with one attached hydrogen (secondary N) is 2. The molecule has 25 heavy (non-hydrogen) atoms. The number of aromatic nitrogens is 1. The predicted molar refractivity (Wildman–Crippen MR) is 98.3 cm³/mol. The third kappa shape index (κ3) is 7.47. The van der Waals surface area contributed by atoms with E-state index in [0.29, 0.717) is 13.0 Å². The summed E-state index contributed by atoms with van der Waals surface area (Å²) in [5.74, 6) is -0.481. The molecule has 0 aliphatic heterocycles. The number of hydrogen-bond acceptors (Lipinski definition) is 5. The molecule has 0 atom stereocenters. The maximum atomic E-state index is 12.3. The maximum absolute atomic E-state index is 12.3. The Bertz CT molecular complexity index is 682. The Hall–Kier alpha value is -1.55. The molecule has 140 valence electrons.